The summed E-state index contributed by atoms with van der Waals surface area (Å²) in [5.41, 5.74) is 1.93. The molecule has 0 radical (unpaired) electrons. The van der Waals surface area contributed by atoms with E-state index < -0.39 is 5.97 Å². The molecule has 0 fully saturated rings. The lowest BCUT2D eigenvalue weighted by atomic mass is 9.98. The van der Waals surface area contributed by atoms with Gasteiger partial charge in [0, 0.05) is 11.6 Å². The van der Waals surface area contributed by atoms with E-state index in [9.17, 15) is 4.79 Å². The Hall–Kier alpha value is -1.42. The average molecular weight is 251 g/mol. The van der Waals surface area contributed by atoms with Crippen molar-refractivity contribution >= 4 is 18.6 Å². The quantitative estimate of drug-likeness (QED) is 0.649. The molecule has 0 amide bonds. The second-order valence-corrected chi connectivity index (χ2v) is 4.21. The van der Waals surface area contributed by atoms with Crippen LogP contribution in [-0.2, 0) is 11.2 Å². The number of carbonyl (C=O) groups is 1. The van der Waals surface area contributed by atoms with Crippen LogP contribution in [0, 0.1) is 5.92 Å². The van der Waals surface area contributed by atoms with Gasteiger partial charge in [-0.25, -0.2) is 0 Å². The molecule has 2 N–H and O–H groups in total. The molecule has 0 aliphatic carbocycles. The Morgan fingerprint density at radius 3 is 2.59 bits per heavy atom. The van der Waals surface area contributed by atoms with Gasteiger partial charge in [0.05, 0.1) is 0 Å². The highest BCUT2D eigenvalue weighted by Gasteiger charge is 2.12. The Bertz CT molecular complexity index is 378. The van der Waals surface area contributed by atoms with Gasteiger partial charge in [-0.3, -0.25) is 4.79 Å². The highest BCUT2D eigenvalue weighted by Crippen LogP contribution is 2.15. The number of carboxylic acids is 1. The van der Waals surface area contributed by atoms with Crippen LogP contribution in [-0.4, -0.2) is 23.4 Å². The van der Waals surface area contributed by atoms with Gasteiger partial charge in [0.2, 0.25) is 0 Å². The normalized spacial score (nSPS) is 11.8. The van der Waals surface area contributed by atoms with Crippen molar-refractivity contribution in [1.29, 1.82) is 0 Å². The molecule has 17 heavy (non-hydrogen) atoms. The van der Waals surface area contributed by atoms with Crippen molar-refractivity contribution < 1.29 is 9.90 Å². The van der Waals surface area contributed by atoms with Crippen LogP contribution in [0.15, 0.2) is 42.6 Å². The SMILES string of the molecule is C=C(NCC(=O)O)C(CS)Cc1ccccc1. The average Bonchev–Trinajstić information content (AvgIpc) is 2.34. The zero-order chi connectivity index (χ0) is 12.7. The van der Waals surface area contributed by atoms with E-state index in [1.807, 2.05) is 30.3 Å². The Balaban J connectivity index is 2.53. The highest BCUT2D eigenvalue weighted by atomic mass is 32.1. The fraction of sp³-hybridized carbons (Fsp3) is 0.308. The number of thiol groups is 1. The maximum absolute atomic E-state index is 10.5. The molecule has 1 atom stereocenters. The summed E-state index contributed by atoms with van der Waals surface area (Å²) in [4.78, 5) is 10.5. The van der Waals surface area contributed by atoms with Crippen molar-refractivity contribution in [2.75, 3.05) is 12.3 Å². The topological polar surface area (TPSA) is 49.3 Å². The van der Waals surface area contributed by atoms with Gasteiger partial charge in [0.15, 0.2) is 0 Å². The van der Waals surface area contributed by atoms with E-state index in [-0.39, 0.29) is 12.5 Å². The molecule has 0 saturated heterocycles. The second-order valence-electron chi connectivity index (χ2n) is 3.84. The third kappa shape index (κ3) is 4.95. The molecular weight excluding hydrogens is 234 g/mol. The van der Waals surface area contributed by atoms with E-state index in [0.29, 0.717) is 5.75 Å². The molecule has 0 aliphatic heterocycles. The number of allylic oxidation sites excluding steroid dienone is 1. The minimum absolute atomic E-state index is 0.0993. The fourth-order valence-corrected chi connectivity index (χ4v) is 1.88. The summed E-state index contributed by atoms with van der Waals surface area (Å²) in [6.45, 7) is 3.77. The molecule has 1 rings (SSSR count). The number of nitrogens with one attached hydrogen (secondary N) is 1. The van der Waals surface area contributed by atoms with Crippen molar-refractivity contribution in [3.8, 4) is 0 Å². The molecule has 1 aromatic carbocycles. The minimum atomic E-state index is -0.885. The maximum atomic E-state index is 10.5. The third-order valence-electron chi connectivity index (χ3n) is 2.50. The largest absolute Gasteiger partial charge is 0.480 e. The van der Waals surface area contributed by atoms with Crippen molar-refractivity contribution in [2.24, 2.45) is 5.92 Å². The zero-order valence-corrected chi connectivity index (χ0v) is 10.5. The van der Waals surface area contributed by atoms with Gasteiger partial charge in [0.25, 0.3) is 0 Å². The molecule has 0 saturated carbocycles. The van der Waals surface area contributed by atoms with Crippen LogP contribution in [0.5, 0.6) is 0 Å². The Morgan fingerprint density at radius 2 is 2.06 bits per heavy atom. The molecule has 3 nitrogen and oxygen atoms in total. The van der Waals surface area contributed by atoms with Crippen molar-refractivity contribution in [2.45, 2.75) is 6.42 Å². The van der Waals surface area contributed by atoms with Crippen molar-refractivity contribution in [1.82, 2.24) is 5.32 Å². The first-order chi connectivity index (χ1) is 8.13. The van der Waals surface area contributed by atoms with Gasteiger partial charge in [-0.15, -0.1) is 0 Å². The van der Waals surface area contributed by atoms with Crippen LogP contribution in [0.3, 0.4) is 0 Å². The van der Waals surface area contributed by atoms with Gasteiger partial charge in [-0.1, -0.05) is 36.9 Å². The van der Waals surface area contributed by atoms with Crippen LogP contribution in [0.2, 0.25) is 0 Å². The van der Waals surface area contributed by atoms with E-state index in [1.165, 1.54) is 5.56 Å². The summed E-state index contributed by atoms with van der Waals surface area (Å²) in [6.07, 6.45) is 0.815. The molecule has 0 heterocycles. The van der Waals surface area contributed by atoms with Crippen LogP contribution >= 0.6 is 12.6 Å². The van der Waals surface area contributed by atoms with Gasteiger partial charge < -0.3 is 10.4 Å². The van der Waals surface area contributed by atoms with Crippen LogP contribution in [0.1, 0.15) is 5.56 Å². The summed E-state index contributed by atoms with van der Waals surface area (Å²) in [5.74, 6) is -0.107. The van der Waals surface area contributed by atoms with Crippen LogP contribution in [0.4, 0.5) is 0 Å². The molecule has 0 aromatic heterocycles. The predicted octanol–water partition coefficient (Wildman–Crippen LogP) is 1.96. The molecular formula is C13H17NO2S. The van der Waals surface area contributed by atoms with E-state index in [4.69, 9.17) is 5.11 Å². The number of carboxylic acid groups (broad SMARTS) is 1. The molecule has 0 spiro atoms. The number of rotatable bonds is 7. The van der Waals surface area contributed by atoms with E-state index in [2.05, 4.69) is 24.5 Å². The summed E-state index contributed by atoms with van der Waals surface area (Å²) in [7, 11) is 0. The minimum Gasteiger partial charge on any atom is -0.480 e. The van der Waals surface area contributed by atoms with Gasteiger partial charge in [0.1, 0.15) is 6.54 Å². The van der Waals surface area contributed by atoms with Crippen molar-refractivity contribution in [3.63, 3.8) is 0 Å². The number of benzene rings is 1. The Morgan fingerprint density at radius 1 is 1.41 bits per heavy atom. The smallest absolute Gasteiger partial charge is 0.322 e. The van der Waals surface area contributed by atoms with Gasteiger partial charge in [-0.2, -0.15) is 12.6 Å². The summed E-state index contributed by atoms with van der Waals surface area (Å²) >= 11 is 4.28. The van der Waals surface area contributed by atoms with E-state index >= 15 is 0 Å². The first-order valence-electron chi connectivity index (χ1n) is 5.42. The zero-order valence-electron chi connectivity index (χ0n) is 9.60. The first-order valence-corrected chi connectivity index (χ1v) is 6.06. The number of aliphatic carboxylic acids is 1. The Labute approximate surface area is 107 Å². The standard InChI is InChI=1S/C13H17NO2S/c1-10(14-8-13(15)16)12(9-17)7-11-5-3-2-4-6-11/h2-6,12,14,17H,1,7-9H2,(H,15,16). The highest BCUT2D eigenvalue weighted by molar-refractivity contribution is 7.80. The Kier molecular flexibility index (Phi) is 5.63. The first kappa shape index (κ1) is 13.6. The van der Waals surface area contributed by atoms with Crippen LogP contribution in [0.25, 0.3) is 0 Å². The lowest BCUT2D eigenvalue weighted by molar-refractivity contribution is -0.135. The van der Waals surface area contributed by atoms with Gasteiger partial charge >= 0.3 is 5.97 Å². The number of hydrogen-bond acceptors (Lipinski definition) is 3. The lowest BCUT2D eigenvalue weighted by Gasteiger charge is -2.18. The summed E-state index contributed by atoms with van der Waals surface area (Å²) in [6, 6.07) is 10.0. The molecule has 0 bridgehead atoms. The summed E-state index contributed by atoms with van der Waals surface area (Å²) in [5, 5.41) is 11.4. The molecule has 1 aromatic rings. The van der Waals surface area contributed by atoms with Gasteiger partial charge in [-0.05, 0) is 17.7 Å². The van der Waals surface area contributed by atoms with Crippen LogP contribution < -0.4 is 5.32 Å². The van der Waals surface area contributed by atoms with E-state index in [1.54, 1.807) is 0 Å². The monoisotopic (exact) mass is 251 g/mol. The maximum Gasteiger partial charge on any atom is 0.322 e. The van der Waals surface area contributed by atoms with E-state index in [0.717, 1.165) is 12.1 Å². The predicted molar refractivity (Wildman–Crippen MR) is 72.3 cm³/mol. The lowest BCUT2D eigenvalue weighted by Crippen LogP contribution is -2.27. The van der Waals surface area contributed by atoms with Crippen molar-refractivity contribution in [3.05, 3.63) is 48.2 Å². The fourth-order valence-electron chi connectivity index (χ4n) is 1.53. The molecule has 4 heteroatoms. The molecule has 92 valence electrons. The second kappa shape index (κ2) is 7.01. The number of hydrogen-bond donors (Lipinski definition) is 3. The third-order valence-corrected chi connectivity index (χ3v) is 2.95. The molecule has 1 unspecified atom stereocenters. The summed E-state index contributed by atoms with van der Waals surface area (Å²) < 4.78 is 0. The molecule has 0 aliphatic rings.